The van der Waals surface area contributed by atoms with Crippen LogP contribution in [0.5, 0.6) is 5.75 Å². The number of hydrogen-bond donors (Lipinski definition) is 1. The Labute approximate surface area is 205 Å². The molecule has 0 saturated heterocycles. The van der Waals surface area contributed by atoms with E-state index < -0.39 is 5.91 Å². The van der Waals surface area contributed by atoms with Gasteiger partial charge in [-0.25, -0.2) is 0 Å². The highest BCUT2D eigenvalue weighted by molar-refractivity contribution is 9.10. The number of anilines is 1. The van der Waals surface area contributed by atoms with Crippen LogP contribution in [0.1, 0.15) is 11.1 Å². The molecular weight excluding hydrogens is 500 g/mol. The minimum Gasteiger partial charge on any atom is -0.488 e. The van der Waals surface area contributed by atoms with Gasteiger partial charge in [0, 0.05) is 0 Å². The lowest BCUT2D eigenvalue weighted by atomic mass is 10.1. The maximum absolute atomic E-state index is 12.5. The minimum absolute atomic E-state index is 0.0355. The Balaban J connectivity index is 1.46. The molecule has 4 aromatic rings. The number of benzene rings is 4. The van der Waals surface area contributed by atoms with Crippen LogP contribution in [0.15, 0.2) is 95.0 Å². The van der Waals surface area contributed by atoms with Crippen LogP contribution in [0.25, 0.3) is 16.8 Å². The van der Waals surface area contributed by atoms with E-state index in [2.05, 4.69) is 45.5 Å². The number of carbonyl (C=O) groups excluding carboxylic acids is 1. The van der Waals surface area contributed by atoms with E-state index in [9.17, 15) is 10.1 Å². The van der Waals surface area contributed by atoms with Crippen LogP contribution in [-0.2, 0) is 11.4 Å². The number of ether oxygens (including phenoxy) is 1. The van der Waals surface area contributed by atoms with Gasteiger partial charge in [-0.2, -0.15) is 5.26 Å². The molecule has 4 nitrogen and oxygen atoms in total. The van der Waals surface area contributed by atoms with Crippen molar-refractivity contribution in [2.75, 3.05) is 5.32 Å². The van der Waals surface area contributed by atoms with Gasteiger partial charge in [0.15, 0.2) is 0 Å². The van der Waals surface area contributed by atoms with E-state index in [0.29, 0.717) is 28.6 Å². The molecule has 4 rings (SSSR count). The molecule has 0 saturated carbocycles. The zero-order valence-corrected chi connectivity index (χ0v) is 19.7. The quantitative estimate of drug-likeness (QED) is 0.214. The summed E-state index contributed by atoms with van der Waals surface area (Å²) >= 11 is 9.60. The molecule has 0 bridgehead atoms. The number of amides is 1. The van der Waals surface area contributed by atoms with E-state index in [1.807, 2.05) is 24.3 Å². The third-order valence-corrected chi connectivity index (χ3v) is 5.91. The number of rotatable bonds is 6. The van der Waals surface area contributed by atoms with Crippen molar-refractivity contribution in [2.24, 2.45) is 0 Å². The lowest BCUT2D eigenvalue weighted by Crippen LogP contribution is -2.13. The van der Waals surface area contributed by atoms with Gasteiger partial charge in [0.25, 0.3) is 5.91 Å². The molecule has 0 aliphatic rings. The van der Waals surface area contributed by atoms with Gasteiger partial charge in [-0.3, -0.25) is 4.79 Å². The molecule has 162 valence electrons. The van der Waals surface area contributed by atoms with Crippen LogP contribution in [0, 0.1) is 11.3 Å². The van der Waals surface area contributed by atoms with Gasteiger partial charge in [-0.05, 0) is 74.2 Å². The van der Waals surface area contributed by atoms with E-state index in [4.69, 9.17) is 16.3 Å². The second-order valence-corrected chi connectivity index (χ2v) is 8.53. The lowest BCUT2D eigenvalue weighted by Gasteiger charge is -2.10. The number of fused-ring (bicyclic) bond motifs is 1. The number of carbonyl (C=O) groups is 1. The second kappa shape index (κ2) is 10.4. The van der Waals surface area contributed by atoms with E-state index in [1.54, 1.807) is 42.5 Å². The van der Waals surface area contributed by atoms with Crippen molar-refractivity contribution in [3.63, 3.8) is 0 Å². The Kier molecular flexibility index (Phi) is 7.09. The number of para-hydroxylation sites is 1. The fourth-order valence-corrected chi connectivity index (χ4v) is 3.98. The first-order valence-corrected chi connectivity index (χ1v) is 11.3. The third kappa shape index (κ3) is 5.61. The molecule has 6 heteroatoms. The second-order valence-electron chi connectivity index (χ2n) is 7.26. The highest BCUT2D eigenvalue weighted by Gasteiger charge is 2.12. The Morgan fingerprint density at radius 2 is 1.76 bits per heavy atom. The zero-order valence-electron chi connectivity index (χ0n) is 17.4. The van der Waals surface area contributed by atoms with Crippen molar-refractivity contribution in [3.8, 4) is 11.8 Å². The van der Waals surface area contributed by atoms with Crippen LogP contribution >= 0.6 is 27.5 Å². The fraction of sp³-hybridized carbons (Fsp3) is 0.0370. The number of nitrogens with zero attached hydrogens (tertiary/aromatic N) is 1. The molecule has 33 heavy (non-hydrogen) atoms. The average Bonchev–Trinajstić information content (AvgIpc) is 2.83. The topological polar surface area (TPSA) is 62.1 Å². The van der Waals surface area contributed by atoms with Crippen LogP contribution in [-0.4, -0.2) is 5.91 Å². The first-order chi connectivity index (χ1) is 16.0. The predicted molar refractivity (Wildman–Crippen MR) is 136 cm³/mol. The molecule has 1 amide bonds. The highest BCUT2D eigenvalue weighted by Crippen LogP contribution is 2.28. The molecule has 1 N–H and O–H groups in total. The van der Waals surface area contributed by atoms with Crippen molar-refractivity contribution in [1.82, 2.24) is 0 Å². The third-order valence-electron chi connectivity index (χ3n) is 4.96. The van der Waals surface area contributed by atoms with Crippen LogP contribution in [0.3, 0.4) is 0 Å². The van der Waals surface area contributed by atoms with Crippen molar-refractivity contribution in [3.05, 3.63) is 111 Å². The molecule has 0 spiro atoms. The van der Waals surface area contributed by atoms with Gasteiger partial charge in [-0.15, -0.1) is 0 Å². The number of nitriles is 1. The van der Waals surface area contributed by atoms with Crippen molar-refractivity contribution in [2.45, 2.75) is 6.61 Å². The molecular formula is C27H18BrClN2O2. The van der Waals surface area contributed by atoms with E-state index >= 15 is 0 Å². The summed E-state index contributed by atoms with van der Waals surface area (Å²) in [6.07, 6.45) is 1.52. The van der Waals surface area contributed by atoms with Crippen molar-refractivity contribution in [1.29, 1.82) is 5.26 Å². The Morgan fingerprint density at radius 1 is 1.00 bits per heavy atom. The van der Waals surface area contributed by atoms with Gasteiger partial charge in [-0.1, -0.05) is 66.2 Å². The molecule has 4 aromatic carbocycles. The molecule has 0 radical (unpaired) electrons. The number of nitrogens with one attached hydrogen (secondary N) is 1. The Hall–Kier alpha value is -3.59. The lowest BCUT2D eigenvalue weighted by molar-refractivity contribution is -0.112. The summed E-state index contributed by atoms with van der Waals surface area (Å²) in [6, 6.07) is 28.6. The molecule has 0 aliphatic carbocycles. The fourth-order valence-electron chi connectivity index (χ4n) is 3.28. The van der Waals surface area contributed by atoms with Crippen LogP contribution < -0.4 is 10.1 Å². The smallest absolute Gasteiger partial charge is 0.266 e. The first kappa shape index (κ1) is 22.6. The largest absolute Gasteiger partial charge is 0.488 e. The van der Waals surface area contributed by atoms with Crippen LogP contribution in [0.2, 0.25) is 5.02 Å². The monoisotopic (exact) mass is 516 g/mol. The molecule has 0 aliphatic heterocycles. The summed E-state index contributed by atoms with van der Waals surface area (Å²) in [6.45, 7) is 0.419. The predicted octanol–water partition coefficient (Wildman–Crippen LogP) is 7.38. The van der Waals surface area contributed by atoms with E-state index in [1.165, 1.54) is 11.5 Å². The molecule has 0 heterocycles. The SMILES string of the molecule is N#C/C(=C\c1ccc(OCc2ccc3ccccc3c2)c(Br)c1)C(=O)Nc1ccccc1Cl. The maximum Gasteiger partial charge on any atom is 0.266 e. The van der Waals surface area contributed by atoms with Crippen LogP contribution in [0.4, 0.5) is 5.69 Å². The summed E-state index contributed by atoms with van der Waals surface area (Å²) < 4.78 is 6.69. The molecule has 0 atom stereocenters. The van der Waals surface area contributed by atoms with E-state index in [0.717, 1.165) is 15.4 Å². The first-order valence-electron chi connectivity index (χ1n) is 10.1. The molecule has 0 unspecified atom stereocenters. The molecule has 0 fully saturated rings. The van der Waals surface area contributed by atoms with Gasteiger partial charge >= 0.3 is 0 Å². The van der Waals surface area contributed by atoms with Gasteiger partial charge in [0.05, 0.1) is 15.2 Å². The van der Waals surface area contributed by atoms with Gasteiger partial charge in [0.1, 0.15) is 24.0 Å². The zero-order chi connectivity index (χ0) is 23.2. The summed E-state index contributed by atoms with van der Waals surface area (Å²) in [7, 11) is 0. The van der Waals surface area contributed by atoms with E-state index in [-0.39, 0.29) is 5.57 Å². The maximum atomic E-state index is 12.5. The summed E-state index contributed by atoms with van der Waals surface area (Å²) in [4.78, 5) is 12.5. The molecule has 0 aromatic heterocycles. The number of hydrogen-bond acceptors (Lipinski definition) is 3. The normalized spacial score (nSPS) is 11.1. The van der Waals surface area contributed by atoms with Gasteiger partial charge < -0.3 is 10.1 Å². The number of halogens is 2. The Morgan fingerprint density at radius 3 is 2.52 bits per heavy atom. The minimum atomic E-state index is -0.529. The standard InChI is InChI=1S/C27H18BrClN2O2/c28-23-15-18(13-22(16-30)27(32)31-25-8-4-3-7-24(25)29)10-12-26(23)33-17-19-9-11-20-5-1-2-6-21(20)14-19/h1-15H,17H2,(H,31,32)/b22-13+. The summed E-state index contributed by atoms with van der Waals surface area (Å²) in [5.74, 6) is 0.137. The summed E-state index contributed by atoms with van der Waals surface area (Å²) in [5.41, 5.74) is 2.16. The summed E-state index contributed by atoms with van der Waals surface area (Å²) in [5, 5.41) is 14.9. The highest BCUT2D eigenvalue weighted by atomic mass is 79.9. The van der Waals surface area contributed by atoms with Crippen molar-refractivity contribution >= 4 is 56.0 Å². The van der Waals surface area contributed by atoms with Gasteiger partial charge in [0.2, 0.25) is 0 Å². The van der Waals surface area contributed by atoms with Crippen molar-refractivity contribution < 1.29 is 9.53 Å². The average molecular weight is 518 g/mol. The Bertz CT molecular complexity index is 1410.